The molecular weight excluding hydrogens is 226 g/mol. The first kappa shape index (κ1) is 13.0. The molecule has 1 aromatic heterocycles. The quantitative estimate of drug-likeness (QED) is 0.796. The number of aliphatic hydroxyl groups excluding tert-OH is 1. The number of amides is 1. The van der Waals surface area contributed by atoms with E-state index in [0.29, 0.717) is 23.6 Å². The number of nitrogens with one attached hydrogen (secondary N) is 1. The van der Waals surface area contributed by atoms with Crippen molar-refractivity contribution in [2.24, 2.45) is 5.92 Å². The van der Waals surface area contributed by atoms with Crippen LogP contribution in [0.25, 0.3) is 0 Å². The van der Waals surface area contributed by atoms with Crippen molar-refractivity contribution >= 4 is 17.2 Å². The van der Waals surface area contributed by atoms with Crippen LogP contribution in [0.1, 0.15) is 23.0 Å². The van der Waals surface area contributed by atoms with Crippen molar-refractivity contribution in [3.63, 3.8) is 0 Å². The van der Waals surface area contributed by atoms with E-state index in [9.17, 15) is 4.79 Å². The number of hydrogen-bond acceptors (Lipinski definition) is 4. The van der Waals surface area contributed by atoms with Crippen LogP contribution in [-0.4, -0.2) is 31.3 Å². The summed E-state index contributed by atoms with van der Waals surface area (Å²) in [6.45, 7) is 2.71. The van der Waals surface area contributed by atoms with E-state index in [4.69, 9.17) is 9.84 Å². The zero-order valence-corrected chi connectivity index (χ0v) is 10.3. The molecule has 1 rings (SSSR count). The van der Waals surface area contributed by atoms with Crippen molar-refractivity contribution in [3.05, 3.63) is 16.3 Å². The Morgan fingerprint density at radius 3 is 3.06 bits per heavy atom. The highest BCUT2D eigenvalue weighted by Crippen LogP contribution is 2.23. The van der Waals surface area contributed by atoms with Crippen LogP contribution >= 0.6 is 11.3 Å². The molecule has 0 radical (unpaired) electrons. The van der Waals surface area contributed by atoms with E-state index in [-0.39, 0.29) is 18.4 Å². The highest BCUT2D eigenvalue weighted by atomic mass is 32.1. The summed E-state index contributed by atoms with van der Waals surface area (Å²) in [6, 6.07) is 1.77. The second-order valence-electron chi connectivity index (χ2n) is 3.65. The molecule has 16 heavy (non-hydrogen) atoms. The molecule has 0 bridgehead atoms. The highest BCUT2D eigenvalue weighted by molar-refractivity contribution is 7.12. The first-order valence-electron chi connectivity index (χ1n) is 5.19. The standard InChI is InChI=1S/C11H17NO3S/c1-8(3-5-13)7-12-11(14)10-9(15-2)4-6-16-10/h4,6,8,13H,3,5,7H2,1-2H3,(H,12,14). The topological polar surface area (TPSA) is 58.6 Å². The van der Waals surface area contributed by atoms with Gasteiger partial charge in [0.05, 0.1) is 7.11 Å². The van der Waals surface area contributed by atoms with Crippen LogP contribution in [-0.2, 0) is 0 Å². The Labute approximate surface area is 99.2 Å². The molecule has 0 aliphatic heterocycles. The molecule has 0 saturated heterocycles. The molecule has 1 heterocycles. The predicted molar refractivity (Wildman–Crippen MR) is 64.1 cm³/mol. The van der Waals surface area contributed by atoms with E-state index in [1.165, 1.54) is 11.3 Å². The minimum Gasteiger partial charge on any atom is -0.495 e. The summed E-state index contributed by atoms with van der Waals surface area (Å²) in [4.78, 5) is 12.3. The lowest BCUT2D eigenvalue weighted by Crippen LogP contribution is -2.28. The Morgan fingerprint density at radius 2 is 2.44 bits per heavy atom. The number of ether oxygens (including phenoxy) is 1. The van der Waals surface area contributed by atoms with Gasteiger partial charge in [-0.1, -0.05) is 6.92 Å². The monoisotopic (exact) mass is 243 g/mol. The van der Waals surface area contributed by atoms with Crippen LogP contribution < -0.4 is 10.1 Å². The van der Waals surface area contributed by atoms with Gasteiger partial charge in [-0.15, -0.1) is 11.3 Å². The van der Waals surface area contributed by atoms with Gasteiger partial charge in [-0.2, -0.15) is 0 Å². The third-order valence-corrected chi connectivity index (χ3v) is 3.18. The van der Waals surface area contributed by atoms with Gasteiger partial charge in [-0.05, 0) is 23.8 Å². The van der Waals surface area contributed by atoms with Gasteiger partial charge in [0.1, 0.15) is 10.6 Å². The normalized spacial score (nSPS) is 12.2. The largest absolute Gasteiger partial charge is 0.495 e. The molecule has 90 valence electrons. The SMILES string of the molecule is COc1ccsc1C(=O)NCC(C)CCO. The fraction of sp³-hybridized carbons (Fsp3) is 0.545. The molecule has 0 aliphatic rings. The molecule has 4 nitrogen and oxygen atoms in total. The molecule has 1 aromatic rings. The molecular formula is C11H17NO3S. The number of aliphatic hydroxyl groups is 1. The maximum absolute atomic E-state index is 11.8. The minimum absolute atomic E-state index is 0.114. The molecule has 1 unspecified atom stereocenters. The van der Waals surface area contributed by atoms with Crippen molar-refractivity contribution in [2.75, 3.05) is 20.3 Å². The molecule has 0 fully saturated rings. The lowest BCUT2D eigenvalue weighted by molar-refractivity contribution is 0.0947. The lowest BCUT2D eigenvalue weighted by Gasteiger charge is -2.10. The second kappa shape index (κ2) is 6.50. The number of rotatable bonds is 6. The Kier molecular flexibility index (Phi) is 5.28. The second-order valence-corrected chi connectivity index (χ2v) is 4.56. The molecule has 2 N–H and O–H groups in total. The zero-order chi connectivity index (χ0) is 12.0. The van der Waals surface area contributed by atoms with Crippen LogP contribution in [0.2, 0.25) is 0 Å². The summed E-state index contributed by atoms with van der Waals surface area (Å²) >= 11 is 1.36. The van der Waals surface area contributed by atoms with Crippen molar-refractivity contribution in [3.8, 4) is 5.75 Å². The van der Waals surface area contributed by atoms with Gasteiger partial charge in [-0.25, -0.2) is 0 Å². The fourth-order valence-corrected chi connectivity index (χ4v) is 2.07. The number of carbonyl (C=O) groups is 1. The van der Waals surface area contributed by atoms with Gasteiger partial charge >= 0.3 is 0 Å². The number of methoxy groups -OCH3 is 1. The van der Waals surface area contributed by atoms with Gasteiger partial charge in [0.25, 0.3) is 5.91 Å². The Morgan fingerprint density at radius 1 is 1.69 bits per heavy atom. The van der Waals surface area contributed by atoms with Gasteiger partial charge in [-0.3, -0.25) is 4.79 Å². The Bertz CT molecular complexity index is 338. The van der Waals surface area contributed by atoms with Crippen LogP contribution in [0.15, 0.2) is 11.4 Å². The van der Waals surface area contributed by atoms with Crippen LogP contribution in [0, 0.1) is 5.92 Å². The van der Waals surface area contributed by atoms with Gasteiger partial charge in [0.2, 0.25) is 0 Å². The number of thiophene rings is 1. The summed E-state index contributed by atoms with van der Waals surface area (Å²) in [6.07, 6.45) is 0.696. The lowest BCUT2D eigenvalue weighted by atomic mass is 10.1. The van der Waals surface area contributed by atoms with Gasteiger partial charge < -0.3 is 15.2 Å². The molecule has 0 aliphatic carbocycles. The summed E-state index contributed by atoms with van der Waals surface area (Å²) in [5, 5.41) is 13.4. The Hall–Kier alpha value is -1.07. The van der Waals surface area contributed by atoms with Gasteiger partial charge in [0.15, 0.2) is 0 Å². The van der Waals surface area contributed by atoms with E-state index in [0.717, 1.165) is 0 Å². The number of hydrogen-bond donors (Lipinski definition) is 2. The summed E-state index contributed by atoms with van der Waals surface area (Å²) in [7, 11) is 1.55. The summed E-state index contributed by atoms with van der Waals surface area (Å²) < 4.78 is 5.07. The van der Waals surface area contributed by atoms with Crippen molar-refractivity contribution < 1.29 is 14.6 Å². The molecule has 5 heteroatoms. The molecule has 1 atom stereocenters. The Balaban J connectivity index is 2.46. The van der Waals surface area contributed by atoms with Crippen molar-refractivity contribution in [2.45, 2.75) is 13.3 Å². The van der Waals surface area contributed by atoms with E-state index >= 15 is 0 Å². The predicted octanol–water partition coefficient (Wildman–Crippen LogP) is 1.50. The van der Waals surface area contributed by atoms with Crippen molar-refractivity contribution in [1.29, 1.82) is 0 Å². The van der Waals surface area contributed by atoms with Crippen molar-refractivity contribution in [1.82, 2.24) is 5.32 Å². The smallest absolute Gasteiger partial charge is 0.265 e. The summed E-state index contributed by atoms with van der Waals surface area (Å²) in [5.74, 6) is 0.772. The van der Waals surface area contributed by atoms with E-state index in [1.807, 2.05) is 12.3 Å². The molecule has 0 aromatic carbocycles. The van der Waals surface area contributed by atoms with Crippen LogP contribution in [0.3, 0.4) is 0 Å². The zero-order valence-electron chi connectivity index (χ0n) is 9.53. The maximum atomic E-state index is 11.8. The maximum Gasteiger partial charge on any atom is 0.265 e. The van der Waals surface area contributed by atoms with E-state index in [1.54, 1.807) is 13.2 Å². The number of carbonyl (C=O) groups excluding carboxylic acids is 1. The average Bonchev–Trinajstić information content (AvgIpc) is 2.74. The highest BCUT2D eigenvalue weighted by Gasteiger charge is 2.14. The molecule has 0 saturated carbocycles. The summed E-state index contributed by atoms with van der Waals surface area (Å²) in [5.41, 5.74) is 0. The molecule has 0 spiro atoms. The average molecular weight is 243 g/mol. The van der Waals surface area contributed by atoms with E-state index < -0.39 is 0 Å². The van der Waals surface area contributed by atoms with E-state index in [2.05, 4.69) is 5.32 Å². The third-order valence-electron chi connectivity index (χ3n) is 2.29. The first-order valence-corrected chi connectivity index (χ1v) is 6.07. The first-order chi connectivity index (χ1) is 7.69. The third kappa shape index (κ3) is 3.50. The molecule has 1 amide bonds. The van der Waals surface area contributed by atoms with Crippen LogP contribution in [0.5, 0.6) is 5.75 Å². The van der Waals surface area contributed by atoms with Crippen LogP contribution in [0.4, 0.5) is 0 Å². The van der Waals surface area contributed by atoms with Gasteiger partial charge in [0, 0.05) is 13.2 Å². The fourth-order valence-electron chi connectivity index (χ4n) is 1.29. The minimum atomic E-state index is -0.114.